The zero-order valence-corrected chi connectivity index (χ0v) is 16.6. The van der Waals surface area contributed by atoms with Crippen molar-refractivity contribution in [3.05, 3.63) is 62.8 Å². The van der Waals surface area contributed by atoms with Gasteiger partial charge in [-0.25, -0.2) is 0 Å². The van der Waals surface area contributed by atoms with Crippen molar-refractivity contribution in [2.75, 3.05) is 26.2 Å². The average molecular weight is 413 g/mol. The molecule has 29 heavy (non-hydrogen) atoms. The van der Waals surface area contributed by atoms with Crippen molar-refractivity contribution >= 4 is 22.9 Å². The molecule has 3 aromatic rings. The molecule has 0 saturated carbocycles. The summed E-state index contributed by atoms with van der Waals surface area (Å²) < 4.78 is 5.34. The fourth-order valence-electron chi connectivity index (χ4n) is 3.37. The summed E-state index contributed by atoms with van der Waals surface area (Å²) in [6, 6.07) is 8.71. The van der Waals surface area contributed by atoms with Crippen LogP contribution in [-0.2, 0) is 6.54 Å². The number of rotatable bonds is 5. The normalized spacial score (nSPS) is 14.9. The molecule has 0 radical (unpaired) electrons. The molecule has 0 N–H and O–H groups in total. The maximum atomic E-state index is 12.8. The Kier molecular flexibility index (Phi) is 5.36. The second-order valence-electron chi connectivity index (χ2n) is 6.79. The zero-order valence-electron chi connectivity index (χ0n) is 15.8. The predicted molar refractivity (Wildman–Crippen MR) is 107 cm³/mol. The molecule has 9 nitrogen and oxygen atoms in total. The minimum atomic E-state index is -0.487. The van der Waals surface area contributed by atoms with Crippen molar-refractivity contribution < 1.29 is 14.2 Å². The Labute approximate surface area is 170 Å². The fourth-order valence-corrected chi connectivity index (χ4v) is 4.02. The predicted octanol–water partition coefficient (Wildman–Crippen LogP) is 2.97. The molecule has 1 aliphatic heterocycles. The Morgan fingerprint density at radius 1 is 1.24 bits per heavy atom. The standard InChI is InChI=1S/C19H19N5O4S/c1-13-4-2-5-14(17(13)24(26)27)19(25)23-9-7-22(8-10-23)12-16-20-18(21-28-16)15-6-3-11-29-15/h2-6,11H,7-10,12H2,1H3. The molecule has 1 aliphatic rings. The van der Waals surface area contributed by atoms with Gasteiger partial charge in [0.05, 0.1) is 16.3 Å². The van der Waals surface area contributed by atoms with Gasteiger partial charge in [-0.2, -0.15) is 4.98 Å². The molecule has 1 fully saturated rings. The Bertz CT molecular complexity index is 1030. The Balaban J connectivity index is 1.38. The van der Waals surface area contributed by atoms with E-state index in [1.54, 1.807) is 35.3 Å². The number of aryl methyl sites for hydroxylation is 1. The Morgan fingerprint density at radius 2 is 2.03 bits per heavy atom. The average Bonchev–Trinajstić information content (AvgIpc) is 3.39. The van der Waals surface area contributed by atoms with Crippen molar-refractivity contribution in [2.45, 2.75) is 13.5 Å². The van der Waals surface area contributed by atoms with Crippen LogP contribution in [0.3, 0.4) is 0 Å². The van der Waals surface area contributed by atoms with Crippen LogP contribution in [0, 0.1) is 17.0 Å². The number of aromatic nitrogens is 2. The summed E-state index contributed by atoms with van der Waals surface area (Å²) in [6.07, 6.45) is 0. The first-order valence-corrected chi connectivity index (χ1v) is 10.0. The number of benzene rings is 1. The molecular formula is C19H19N5O4S. The Morgan fingerprint density at radius 3 is 2.72 bits per heavy atom. The molecule has 3 heterocycles. The molecule has 0 spiro atoms. The summed E-state index contributed by atoms with van der Waals surface area (Å²) in [5, 5.41) is 17.3. The molecule has 0 bridgehead atoms. The van der Waals surface area contributed by atoms with Gasteiger partial charge in [0.1, 0.15) is 5.56 Å². The molecule has 10 heteroatoms. The van der Waals surface area contributed by atoms with Gasteiger partial charge in [-0.3, -0.25) is 19.8 Å². The Hall–Kier alpha value is -3.11. The van der Waals surface area contributed by atoms with Gasteiger partial charge >= 0.3 is 0 Å². The topological polar surface area (TPSA) is 106 Å². The lowest BCUT2D eigenvalue weighted by Gasteiger charge is -2.33. The molecule has 4 rings (SSSR count). The van der Waals surface area contributed by atoms with Crippen molar-refractivity contribution in [3.63, 3.8) is 0 Å². The molecule has 2 aromatic heterocycles. The van der Waals surface area contributed by atoms with Crippen molar-refractivity contribution in [1.29, 1.82) is 0 Å². The third kappa shape index (κ3) is 4.03. The smallest absolute Gasteiger partial charge is 0.285 e. The molecule has 1 aromatic carbocycles. The first kappa shape index (κ1) is 19.2. The number of carbonyl (C=O) groups is 1. The van der Waals surface area contributed by atoms with Crippen LogP contribution in [0.4, 0.5) is 5.69 Å². The minimum Gasteiger partial charge on any atom is -0.338 e. The number of amides is 1. The van der Waals surface area contributed by atoms with Gasteiger partial charge < -0.3 is 9.42 Å². The van der Waals surface area contributed by atoms with Gasteiger partial charge in [0, 0.05) is 31.7 Å². The van der Waals surface area contributed by atoms with E-state index in [1.165, 1.54) is 6.07 Å². The molecule has 0 atom stereocenters. The highest BCUT2D eigenvalue weighted by atomic mass is 32.1. The number of thiophene rings is 1. The summed E-state index contributed by atoms with van der Waals surface area (Å²) in [6.45, 7) is 4.36. The van der Waals surface area contributed by atoms with E-state index in [4.69, 9.17) is 4.52 Å². The summed E-state index contributed by atoms with van der Waals surface area (Å²) >= 11 is 1.55. The van der Waals surface area contributed by atoms with Crippen LogP contribution in [0.25, 0.3) is 10.7 Å². The lowest BCUT2D eigenvalue weighted by atomic mass is 10.1. The van der Waals surface area contributed by atoms with Crippen LogP contribution in [0.5, 0.6) is 0 Å². The third-order valence-corrected chi connectivity index (χ3v) is 5.74. The van der Waals surface area contributed by atoms with Crippen molar-refractivity contribution in [1.82, 2.24) is 19.9 Å². The first-order chi connectivity index (χ1) is 14.0. The van der Waals surface area contributed by atoms with E-state index in [0.717, 1.165) is 4.88 Å². The summed E-state index contributed by atoms with van der Waals surface area (Å²) in [7, 11) is 0. The summed E-state index contributed by atoms with van der Waals surface area (Å²) in [5.41, 5.74) is 0.505. The van der Waals surface area contributed by atoms with E-state index >= 15 is 0 Å². The van der Waals surface area contributed by atoms with Crippen LogP contribution in [-0.4, -0.2) is 56.9 Å². The van der Waals surface area contributed by atoms with Gasteiger partial charge in [-0.15, -0.1) is 11.3 Å². The SMILES string of the molecule is Cc1cccc(C(=O)N2CCN(Cc3nc(-c4cccs4)no3)CC2)c1[N+](=O)[O-]. The van der Waals surface area contributed by atoms with Crippen molar-refractivity contribution in [3.8, 4) is 10.7 Å². The second kappa shape index (κ2) is 8.10. The van der Waals surface area contributed by atoms with Gasteiger partial charge in [0.2, 0.25) is 11.7 Å². The fraction of sp³-hybridized carbons (Fsp3) is 0.316. The van der Waals surface area contributed by atoms with E-state index in [9.17, 15) is 14.9 Å². The molecule has 1 saturated heterocycles. The minimum absolute atomic E-state index is 0.119. The lowest BCUT2D eigenvalue weighted by Crippen LogP contribution is -2.48. The number of hydrogen-bond donors (Lipinski definition) is 0. The van der Waals surface area contributed by atoms with Gasteiger partial charge in [0.25, 0.3) is 11.6 Å². The molecule has 150 valence electrons. The highest BCUT2D eigenvalue weighted by Gasteiger charge is 2.29. The number of nitrogens with zero attached hydrogens (tertiary/aromatic N) is 5. The number of nitro groups is 1. The van der Waals surface area contributed by atoms with E-state index in [1.807, 2.05) is 17.5 Å². The van der Waals surface area contributed by atoms with Crippen LogP contribution in [0.15, 0.2) is 40.2 Å². The van der Waals surface area contributed by atoms with E-state index < -0.39 is 4.92 Å². The number of hydrogen-bond acceptors (Lipinski definition) is 8. The first-order valence-electron chi connectivity index (χ1n) is 9.15. The summed E-state index contributed by atoms with van der Waals surface area (Å²) in [5.74, 6) is 0.802. The third-order valence-electron chi connectivity index (χ3n) is 4.88. The number of para-hydroxylation sites is 1. The van der Waals surface area contributed by atoms with Crippen molar-refractivity contribution in [2.24, 2.45) is 0 Å². The quantitative estimate of drug-likeness (QED) is 0.468. The van der Waals surface area contributed by atoms with Gasteiger partial charge in [-0.1, -0.05) is 23.4 Å². The number of carbonyl (C=O) groups excluding carboxylic acids is 1. The highest BCUT2D eigenvalue weighted by Crippen LogP contribution is 2.25. The zero-order chi connectivity index (χ0) is 20.4. The monoisotopic (exact) mass is 413 g/mol. The molecular weight excluding hydrogens is 394 g/mol. The van der Waals surface area contributed by atoms with E-state index in [-0.39, 0.29) is 17.2 Å². The van der Waals surface area contributed by atoms with E-state index in [2.05, 4.69) is 15.0 Å². The van der Waals surface area contributed by atoms with Crippen LogP contribution >= 0.6 is 11.3 Å². The van der Waals surface area contributed by atoms with Gasteiger partial charge in [0.15, 0.2) is 0 Å². The van der Waals surface area contributed by atoms with Crippen LogP contribution in [0.1, 0.15) is 21.8 Å². The number of nitro benzene ring substituents is 1. The largest absolute Gasteiger partial charge is 0.338 e. The van der Waals surface area contributed by atoms with E-state index in [0.29, 0.717) is 50.0 Å². The second-order valence-corrected chi connectivity index (χ2v) is 7.73. The highest BCUT2D eigenvalue weighted by molar-refractivity contribution is 7.13. The summed E-state index contributed by atoms with van der Waals surface area (Å²) in [4.78, 5) is 32.9. The van der Waals surface area contributed by atoms with Gasteiger partial charge in [-0.05, 0) is 24.4 Å². The van der Waals surface area contributed by atoms with Crippen LogP contribution in [0.2, 0.25) is 0 Å². The molecule has 0 unspecified atom stereocenters. The molecule has 0 aliphatic carbocycles. The lowest BCUT2D eigenvalue weighted by molar-refractivity contribution is -0.385. The number of piperazine rings is 1. The maximum absolute atomic E-state index is 12.8. The van der Waals surface area contributed by atoms with Crippen LogP contribution < -0.4 is 0 Å². The maximum Gasteiger partial charge on any atom is 0.285 e. The molecule has 1 amide bonds.